The zero-order valence-corrected chi connectivity index (χ0v) is 19.6. The third-order valence-corrected chi connectivity index (χ3v) is 9.11. The van der Waals surface area contributed by atoms with E-state index in [2.05, 4.69) is 64.4 Å². The van der Waals surface area contributed by atoms with E-state index in [4.69, 9.17) is 9.72 Å². The number of aromatic amines is 1. The molecule has 0 spiro atoms. The van der Waals surface area contributed by atoms with Gasteiger partial charge in [-0.05, 0) is 48.8 Å². The summed E-state index contributed by atoms with van der Waals surface area (Å²) < 4.78 is 5.94. The van der Waals surface area contributed by atoms with E-state index in [-0.39, 0.29) is 16.9 Å². The number of hydrogen-bond acceptors (Lipinski definition) is 5. The van der Waals surface area contributed by atoms with E-state index in [0.717, 1.165) is 56.0 Å². The normalized spacial score (nSPS) is 33.9. The molecule has 6 heteroatoms. The number of fused-ring (bicyclic) bond motifs is 3. The Labute approximate surface area is 195 Å². The van der Waals surface area contributed by atoms with Crippen molar-refractivity contribution in [2.45, 2.75) is 57.5 Å². The summed E-state index contributed by atoms with van der Waals surface area (Å²) in [5.74, 6) is 1.62. The Hall–Kier alpha value is -2.44. The lowest BCUT2D eigenvalue weighted by atomic mass is 9.71. The fraction of sp³-hybridized carbons (Fsp3) is 0.556. The summed E-state index contributed by atoms with van der Waals surface area (Å²) in [5.41, 5.74) is 5.60. The SMILES string of the molecule is CC12COCC1(C)CN(C1CCc3ccccc3C1Nc1ncnc3[nH]c(C4CC4)cc13)C2. The maximum atomic E-state index is 5.94. The molecule has 4 unspecified atom stereocenters. The van der Waals surface area contributed by atoms with Crippen LogP contribution in [0.1, 0.15) is 61.9 Å². The number of aryl methyl sites for hydroxylation is 1. The van der Waals surface area contributed by atoms with Crippen molar-refractivity contribution in [3.63, 3.8) is 0 Å². The van der Waals surface area contributed by atoms with Crippen molar-refractivity contribution in [3.05, 3.63) is 53.5 Å². The van der Waals surface area contributed by atoms with Gasteiger partial charge in [0.05, 0.1) is 24.6 Å². The summed E-state index contributed by atoms with van der Waals surface area (Å²) >= 11 is 0. The van der Waals surface area contributed by atoms with Crippen molar-refractivity contribution in [2.75, 3.05) is 31.6 Å². The number of hydrogen-bond donors (Lipinski definition) is 2. The van der Waals surface area contributed by atoms with Crippen LogP contribution in [0.3, 0.4) is 0 Å². The Morgan fingerprint density at radius 1 is 1.06 bits per heavy atom. The lowest BCUT2D eigenvalue weighted by Crippen LogP contribution is -2.45. The van der Waals surface area contributed by atoms with Gasteiger partial charge in [0.1, 0.15) is 17.8 Å². The van der Waals surface area contributed by atoms with Crippen molar-refractivity contribution in [1.29, 1.82) is 0 Å². The molecule has 33 heavy (non-hydrogen) atoms. The number of likely N-dealkylation sites (tertiary alicyclic amines) is 1. The molecule has 3 fully saturated rings. The van der Waals surface area contributed by atoms with Crippen LogP contribution in [0.15, 0.2) is 36.7 Å². The van der Waals surface area contributed by atoms with E-state index in [1.807, 2.05) is 0 Å². The highest BCUT2D eigenvalue weighted by atomic mass is 16.5. The van der Waals surface area contributed by atoms with Crippen molar-refractivity contribution in [1.82, 2.24) is 19.9 Å². The number of ether oxygens (including phenoxy) is 1. The lowest BCUT2D eigenvalue weighted by molar-refractivity contribution is 0.105. The van der Waals surface area contributed by atoms with Crippen molar-refractivity contribution in [2.24, 2.45) is 10.8 Å². The standard InChI is InChI=1S/C27H33N5O/c1-26-12-32(13-27(26,2)15-33-14-26)22-10-9-17-5-3-4-6-19(17)23(22)31-25-20-11-21(18-7-8-18)30-24(20)28-16-29-25/h3-6,11,16,18,22-23H,7-10,12-15H2,1-2H3,(H2,28,29,30,31). The molecule has 2 N–H and O–H groups in total. The first-order chi connectivity index (χ1) is 16.0. The van der Waals surface area contributed by atoms with Crippen LogP contribution in [0.5, 0.6) is 0 Å². The molecule has 0 radical (unpaired) electrons. The molecule has 4 aliphatic rings. The molecule has 3 aromatic rings. The highest BCUT2D eigenvalue weighted by Crippen LogP contribution is 2.52. The van der Waals surface area contributed by atoms with Crippen LogP contribution >= 0.6 is 0 Å². The molecule has 6 nitrogen and oxygen atoms in total. The van der Waals surface area contributed by atoms with Crippen LogP contribution in [-0.2, 0) is 11.2 Å². The summed E-state index contributed by atoms with van der Waals surface area (Å²) in [6.45, 7) is 8.80. The van der Waals surface area contributed by atoms with Gasteiger partial charge in [-0.2, -0.15) is 0 Å². The Morgan fingerprint density at radius 3 is 2.64 bits per heavy atom. The average molecular weight is 444 g/mol. The first kappa shape index (κ1) is 20.0. The zero-order valence-electron chi connectivity index (χ0n) is 19.6. The predicted octanol–water partition coefficient (Wildman–Crippen LogP) is 4.66. The Bertz CT molecular complexity index is 1200. The van der Waals surface area contributed by atoms with Crippen LogP contribution in [0.25, 0.3) is 11.0 Å². The number of benzene rings is 1. The molecular formula is C27H33N5O. The monoisotopic (exact) mass is 443 g/mol. The Balaban J connectivity index is 1.26. The van der Waals surface area contributed by atoms with E-state index in [1.165, 1.54) is 29.7 Å². The van der Waals surface area contributed by atoms with Crippen LogP contribution in [-0.4, -0.2) is 52.2 Å². The fourth-order valence-electron chi connectivity index (χ4n) is 6.66. The van der Waals surface area contributed by atoms with Gasteiger partial charge in [-0.1, -0.05) is 38.1 Å². The molecule has 4 heterocycles. The molecule has 2 saturated heterocycles. The van der Waals surface area contributed by atoms with Gasteiger partial charge in [-0.15, -0.1) is 0 Å². The summed E-state index contributed by atoms with van der Waals surface area (Å²) in [4.78, 5) is 15.6. The van der Waals surface area contributed by atoms with Gasteiger partial charge in [-0.25, -0.2) is 9.97 Å². The van der Waals surface area contributed by atoms with Crippen LogP contribution < -0.4 is 5.32 Å². The Morgan fingerprint density at radius 2 is 1.85 bits per heavy atom. The van der Waals surface area contributed by atoms with Crippen molar-refractivity contribution in [3.8, 4) is 0 Å². The maximum absolute atomic E-state index is 5.94. The minimum Gasteiger partial charge on any atom is -0.380 e. The molecule has 0 bridgehead atoms. The zero-order chi connectivity index (χ0) is 22.2. The molecule has 0 amide bonds. The van der Waals surface area contributed by atoms with E-state index in [1.54, 1.807) is 6.33 Å². The van der Waals surface area contributed by atoms with E-state index in [0.29, 0.717) is 12.0 Å². The third-order valence-electron chi connectivity index (χ3n) is 9.11. The largest absolute Gasteiger partial charge is 0.380 e. The van der Waals surface area contributed by atoms with E-state index < -0.39 is 0 Å². The van der Waals surface area contributed by atoms with Gasteiger partial charge in [0.25, 0.3) is 0 Å². The molecule has 2 aromatic heterocycles. The van der Waals surface area contributed by atoms with Gasteiger partial charge in [0.2, 0.25) is 0 Å². The molecular weight excluding hydrogens is 410 g/mol. The third kappa shape index (κ3) is 3.07. The van der Waals surface area contributed by atoms with E-state index >= 15 is 0 Å². The second-order valence-corrected chi connectivity index (χ2v) is 11.4. The number of rotatable bonds is 4. The highest BCUT2D eigenvalue weighted by molar-refractivity contribution is 5.88. The van der Waals surface area contributed by atoms with Crippen molar-refractivity contribution < 1.29 is 4.74 Å². The lowest BCUT2D eigenvalue weighted by Gasteiger charge is -2.40. The van der Waals surface area contributed by atoms with Gasteiger partial charge in [0.15, 0.2) is 0 Å². The first-order valence-electron chi connectivity index (χ1n) is 12.5. The summed E-state index contributed by atoms with van der Waals surface area (Å²) in [6, 6.07) is 11.9. The second-order valence-electron chi connectivity index (χ2n) is 11.4. The first-order valence-corrected chi connectivity index (χ1v) is 12.5. The van der Waals surface area contributed by atoms with Crippen LogP contribution in [0.2, 0.25) is 0 Å². The predicted molar refractivity (Wildman–Crippen MR) is 129 cm³/mol. The molecule has 2 aliphatic heterocycles. The van der Waals surface area contributed by atoms with Gasteiger partial charge >= 0.3 is 0 Å². The fourth-order valence-corrected chi connectivity index (χ4v) is 6.66. The van der Waals surface area contributed by atoms with Gasteiger partial charge in [-0.3, -0.25) is 4.90 Å². The minimum absolute atomic E-state index is 0.208. The number of nitrogens with zero attached hydrogens (tertiary/aromatic N) is 3. The van der Waals surface area contributed by atoms with Gasteiger partial charge in [0, 0.05) is 35.7 Å². The number of H-pyrrole nitrogens is 1. The summed E-state index contributed by atoms with van der Waals surface area (Å²) in [5, 5.41) is 5.04. The molecule has 1 aromatic carbocycles. The Kier molecular flexibility index (Phi) is 4.26. The summed E-state index contributed by atoms with van der Waals surface area (Å²) in [6.07, 6.45) is 6.54. The highest BCUT2D eigenvalue weighted by Gasteiger charge is 2.57. The van der Waals surface area contributed by atoms with Crippen LogP contribution in [0.4, 0.5) is 5.82 Å². The molecule has 4 atom stereocenters. The molecule has 172 valence electrons. The second kappa shape index (κ2) is 7.03. The molecule has 2 aliphatic carbocycles. The quantitative estimate of drug-likeness (QED) is 0.614. The molecule has 1 saturated carbocycles. The van der Waals surface area contributed by atoms with Crippen molar-refractivity contribution >= 4 is 16.9 Å². The summed E-state index contributed by atoms with van der Waals surface area (Å²) in [7, 11) is 0. The van der Waals surface area contributed by atoms with Gasteiger partial charge < -0.3 is 15.0 Å². The van der Waals surface area contributed by atoms with E-state index in [9.17, 15) is 0 Å². The topological polar surface area (TPSA) is 66.1 Å². The maximum Gasteiger partial charge on any atom is 0.143 e. The molecule has 7 rings (SSSR count). The number of nitrogens with one attached hydrogen (secondary N) is 2. The number of anilines is 1. The minimum atomic E-state index is 0.208. The average Bonchev–Trinajstić information content (AvgIpc) is 3.42. The van der Waals surface area contributed by atoms with Crippen LogP contribution in [0, 0.1) is 10.8 Å². The number of aromatic nitrogens is 3. The smallest absolute Gasteiger partial charge is 0.143 e.